The fourth-order valence-electron chi connectivity index (χ4n) is 2.41. The van der Waals surface area contributed by atoms with E-state index in [-0.39, 0.29) is 30.6 Å². The summed E-state index contributed by atoms with van der Waals surface area (Å²) >= 11 is 0. The Kier molecular flexibility index (Phi) is 4.72. The van der Waals surface area contributed by atoms with Gasteiger partial charge in [-0.2, -0.15) is 5.10 Å². The third-order valence-electron chi connectivity index (χ3n) is 3.63. The number of carbonyl (C=O) groups is 2. The predicted molar refractivity (Wildman–Crippen MR) is 72.5 cm³/mol. The zero-order chi connectivity index (χ0) is 14.7. The number of hydrogen-bond donors (Lipinski definition) is 1. The lowest BCUT2D eigenvalue weighted by molar-refractivity contribution is -0.136. The molecule has 0 aliphatic carbocycles. The molecule has 1 N–H and O–H groups in total. The predicted octanol–water partition coefficient (Wildman–Crippen LogP) is 0.159. The first-order valence-electron chi connectivity index (χ1n) is 6.94. The molecule has 2 rings (SSSR count). The van der Waals surface area contributed by atoms with Gasteiger partial charge in [-0.05, 0) is 13.8 Å². The Morgan fingerprint density at radius 3 is 2.90 bits per heavy atom. The highest BCUT2D eigenvalue weighted by atomic mass is 16.5. The molecule has 2 aliphatic heterocycles. The number of aliphatic carboxylic acids is 1. The molecule has 7 heteroatoms. The quantitative estimate of drug-likeness (QED) is 0.794. The van der Waals surface area contributed by atoms with Crippen LogP contribution in [-0.4, -0.2) is 71.0 Å². The van der Waals surface area contributed by atoms with Crippen molar-refractivity contribution in [1.29, 1.82) is 0 Å². The summed E-state index contributed by atoms with van der Waals surface area (Å²) in [6.45, 7) is 6.80. The Morgan fingerprint density at radius 2 is 2.25 bits per heavy atom. The minimum absolute atomic E-state index is 0.0427. The summed E-state index contributed by atoms with van der Waals surface area (Å²) in [5, 5.41) is 14.1. The molecule has 0 aromatic rings. The minimum atomic E-state index is -1.06. The number of nitrogens with zero attached hydrogens (tertiary/aromatic N) is 3. The van der Waals surface area contributed by atoms with E-state index in [4.69, 9.17) is 9.84 Å². The van der Waals surface area contributed by atoms with Crippen molar-refractivity contribution in [2.75, 3.05) is 26.2 Å². The minimum Gasteiger partial charge on any atom is -0.477 e. The second kappa shape index (κ2) is 6.32. The Bertz CT molecular complexity index is 422. The van der Waals surface area contributed by atoms with Crippen molar-refractivity contribution >= 4 is 17.6 Å². The SMILES string of the molecule is CC(C)N1CCOC(CN2N=C(C(=O)O)CCC2=O)C1. The molecule has 1 amide bonds. The first-order chi connectivity index (χ1) is 9.47. The second-order valence-electron chi connectivity index (χ2n) is 5.41. The van der Waals surface area contributed by atoms with Crippen molar-refractivity contribution in [3.05, 3.63) is 0 Å². The Balaban J connectivity index is 1.99. The average molecular weight is 283 g/mol. The molecule has 1 fully saturated rings. The summed E-state index contributed by atoms with van der Waals surface area (Å²) in [7, 11) is 0. The summed E-state index contributed by atoms with van der Waals surface area (Å²) < 4.78 is 5.65. The fourth-order valence-corrected chi connectivity index (χ4v) is 2.41. The maximum atomic E-state index is 11.8. The first kappa shape index (κ1) is 14.9. The Morgan fingerprint density at radius 1 is 1.50 bits per heavy atom. The van der Waals surface area contributed by atoms with E-state index in [0.29, 0.717) is 19.2 Å². The normalized spacial score (nSPS) is 24.9. The number of carbonyl (C=O) groups excluding carboxylic acids is 1. The van der Waals surface area contributed by atoms with Gasteiger partial charge in [-0.1, -0.05) is 0 Å². The molecule has 112 valence electrons. The molecule has 1 atom stereocenters. The van der Waals surface area contributed by atoms with Gasteiger partial charge in [0.15, 0.2) is 0 Å². The Labute approximate surface area is 118 Å². The van der Waals surface area contributed by atoms with E-state index in [9.17, 15) is 9.59 Å². The number of rotatable bonds is 4. The lowest BCUT2D eigenvalue weighted by Gasteiger charge is -2.37. The summed E-state index contributed by atoms with van der Waals surface area (Å²) in [4.78, 5) is 25.0. The van der Waals surface area contributed by atoms with Crippen LogP contribution in [0.25, 0.3) is 0 Å². The molecule has 20 heavy (non-hydrogen) atoms. The molecular formula is C13H21N3O4. The van der Waals surface area contributed by atoms with Crippen LogP contribution in [0.5, 0.6) is 0 Å². The van der Waals surface area contributed by atoms with Crippen molar-refractivity contribution in [3.63, 3.8) is 0 Å². The summed E-state index contributed by atoms with van der Waals surface area (Å²) in [6.07, 6.45) is 0.284. The van der Waals surface area contributed by atoms with Crippen LogP contribution in [0.3, 0.4) is 0 Å². The van der Waals surface area contributed by atoms with Crippen LogP contribution in [-0.2, 0) is 14.3 Å². The summed E-state index contributed by atoms with van der Waals surface area (Å²) in [6, 6.07) is 0.427. The highest BCUT2D eigenvalue weighted by molar-refractivity contribution is 6.36. The van der Waals surface area contributed by atoms with Gasteiger partial charge in [0.1, 0.15) is 5.71 Å². The molecule has 2 heterocycles. The molecule has 7 nitrogen and oxygen atoms in total. The van der Waals surface area contributed by atoms with Crippen LogP contribution in [0.2, 0.25) is 0 Å². The van der Waals surface area contributed by atoms with Gasteiger partial charge in [0.2, 0.25) is 5.91 Å². The first-order valence-corrected chi connectivity index (χ1v) is 6.94. The average Bonchev–Trinajstić information content (AvgIpc) is 2.41. The standard InChI is InChI=1S/C13H21N3O4/c1-9(2)15-5-6-20-10(7-15)8-16-12(17)4-3-11(14-16)13(18)19/h9-10H,3-8H2,1-2H3,(H,18,19). The van der Waals surface area contributed by atoms with E-state index >= 15 is 0 Å². The molecule has 0 saturated carbocycles. The number of amides is 1. The van der Waals surface area contributed by atoms with Crippen LogP contribution in [0, 0.1) is 0 Å². The van der Waals surface area contributed by atoms with Gasteiger partial charge in [-0.15, -0.1) is 0 Å². The summed E-state index contributed by atoms with van der Waals surface area (Å²) in [5.41, 5.74) is 0.0427. The van der Waals surface area contributed by atoms with Gasteiger partial charge < -0.3 is 9.84 Å². The second-order valence-corrected chi connectivity index (χ2v) is 5.41. The van der Waals surface area contributed by atoms with Gasteiger partial charge in [0.05, 0.1) is 19.3 Å². The monoisotopic (exact) mass is 283 g/mol. The highest BCUT2D eigenvalue weighted by Gasteiger charge is 2.29. The third-order valence-corrected chi connectivity index (χ3v) is 3.63. The number of ether oxygens (including phenoxy) is 1. The van der Waals surface area contributed by atoms with Crippen molar-refractivity contribution in [1.82, 2.24) is 9.91 Å². The van der Waals surface area contributed by atoms with Crippen LogP contribution in [0.15, 0.2) is 5.10 Å². The van der Waals surface area contributed by atoms with Crippen LogP contribution >= 0.6 is 0 Å². The molecule has 0 radical (unpaired) electrons. The number of carboxylic acid groups (broad SMARTS) is 1. The van der Waals surface area contributed by atoms with Gasteiger partial charge in [0, 0.05) is 32.0 Å². The topological polar surface area (TPSA) is 82.4 Å². The number of morpholine rings is 1. The van der Waals surface area contributed by atoms with Gasteiger partial charge in [-0.25, -0.2) is 9.80 Å². The summed E-state index contributed by atoms with van der Waals surface area (Å²) in [5.74, 6) is -1.20. The van der Waals surface area contributed by atoms with Crippen molar-refractivity contribution in [2.24, 2.45) is 5.10 Å². The van der Waals surface area contributed by atoms with E-state index in [1.165, 1.54) is 5.01 Å². The number of hydrazone groups is 1. The smallest absolute Gasteiger partial charge is 0.352 e. The van der Waals surface area contributed by atoms with Gasteiger partial charge in [-0.3, -0.25) is 9.69 Å². The van der Waals surface area contributed by atoms with Gasteiger partial charge >= 0.3 is 5.97 Å². The zero-order valence-electron chi connectivity index (χ0n) is 11.9. The molecule has 1 saturated heterocycles. The highest BCUT2D eigenvalue weighted by Crippen LogP contribution is 2.14. The molecule has 0 aromatic carbocycles. The van der Waals surface area contributed by atoms with Crippen LogP contribution < -0.4 is 0 Å². The molecule has 0 bridgehead atoms. The third kappa shape index (κ3) is 3.55. The van der Waals surface area contributed by atoms with Gasteiger partial charge in [0.25, 0.3) is 0 Å². The van der Waals surface area contributed by atoms with Crippen molar-refractivity contribution < 1.29 is 19.4 Å². The number of hydrogen-bond acceptors (Lipinski definition) is 5. The molecule has 0 spiro atoms. The molecule has 0 aromatic heterocycles. The molecular weight excluding hydrogens is 262 g/mol. The lowest BCUT2D eigenvalue weighted by Crippen LogP contribution is -2.50. The van der Waals surface area contributed by atoms with E-state index in [0.717, 1.165) is 13.1 Å². The largest absolute Gasteiger partial charge is 0.477 e. The van der Waals surface area contributed by atoms with Crippen LogP contribution in [0.1, 0.15) is 26.7 Å². The van der Waals surface area contributed by atoms with Crippen molar-refractivity contribution in [3.8, 4) is 0 Å². The zero-order valence-corrected chi connectivity index (χ0v) is 11.9. The van der Waals surface area contributed by atoms with Crippen LogP contribution in [0.4, 0.5) is 0 Å². The maximum Gasteiger partial charge on any atom is 0.352 e. The van der Waals surface area contributed by atoms with E-state index in [1.54, 1.807) is 0 Å². The van der Waals surface area contributed by atoms with E-state index < -0.39 is 5.97 Å². The van der Waals surface area contributed by atoms with Crippen molar-refractivity contribution in [2.45, 2.75) is 38.8 Å². The maximum absolute atomic E-state index is 11.8. The lowest BCUT2D eigenvalue weighted by atomic mass is 10.1. The fraction of sp³-hybridized carbons (Fsp3) is 0.769. The Hall–Kier alpha value is -1.47. The number of carboxylic acids is 1. The van der Waals surface area contributed by atoms with E-state index in [2.05, 4.69) is 23.8 Å². The van der Waals surface area contributed by atoms with E-state index in [1.807, 2.05) is 0 Å². The molecule has 1 unspecified atom stereocenters. The molecule has 2 aliphatic rings.